The van der Waals surface area contributed by atoms with Gasteiger partial charge in [0.15, 0.2) is 0 Å². The number of pyridine rings is 1. The highest BCUT2D eigenvalue weighted by molar-refractivity contribution is 6.30. The summed E-state index contributed by atoms with van der Waals surface area (Å²) in [6, 6.07) is 3.99. The summed E-state index contributed by atoms with van der Waals surface area (Å²) in [7, 11) is 0. The molecule has 0 aromatic carbocycles. The monoisotopic (exact) mass is 248 g/mol. The molecule has 0 aliphatic rings. The molecule has 2 heterocycles. The lowest BCUT2D eigenvalue weighted by molar-refractivity contribution is 0.811. The Morgan fingerprint density at radius 2 is 2.12 bits per heavy atom. The van der Waals surface area contributed by atoms with Crippen LogP contribution in [0.1, 0.15) is 17.5 Å². The maximum absolute atomic E-state index is 5.97. The van der Waals surface area contributed by atoms with E-state index >= 15 is 0 Å². The van der Waals surface area contributed by atoms with Crippen molar-refractivity contribution in [1.29, 1.82) is 0 Å². The zero-order valence-electron chi connectivity index (χ0n) is 9.31. The lowest BCUT2D eigenvalue weighted by atomic mass is 10.1. The van der Waals surface area contributed by atoms with Crippen molar-refractivity contribution >= 4 is 17.4 Å². The highest BCUT2D eigenvalue weighted by atomic mass is 35.5. The van der Waals surface area contributed by atoms with E-state index < -0.39 is 0 Å². The third-order valence-corrected chi connectivity index (χ3v) is 2.87. The average molecular weight is 249 g/mol. The number of anilines is 1. The van der Waals surface area contributed by atoms with Crippen molar-refractivity contribution in [3.05, 3.63) is 47.1 Å². The summed E-state index contributed by atoms with van der Waals surface area (Å²) in [5.74, 6) is 0.469. The Morgan fingerprint density at radius 1 is 1.24 bits per heavy atom. The zero-order chi connectivity index (χ0) is 12.1. The molecule has 2 rings (SSSR count). The molecule has 0 radical (unpaired) electrons. The van der Waals surface area contributed by atoms with Gasteiger partial charge in [0.2, 0.25) is 0 Å². The number of aromatic nitrogens is 3. The standard InChI is InChI=1S/C12H13ClN4/c13-11-10(12(14)17-8-16-11)5-1-3-9-4-2-6-15-7-9/h2,4,6-8H,1,3,5H2,(H2,14,16,17). The number of nitrogens with zero attached hydrogens (tertiary/aromatic N) is 3. The van der Waals surface area contributed by atoms with E-state index in [2.05, 4.69) is 21.0 Å². The van der Waals surface area contributed by atoms with Crippen molar-refractivity contribution in [3.8, 4) is 0 Å². The van der Waals surface area contributed by atoms with Crippen LogP contribution in [0.5, 0.6) is 0 Å². The predicted octanol–water partition coefficient (Wildman–Crippen LogP) is 2.28. The quantitative estimate of drug-likeness (QED) is 0.843. The van der Waals surface area contributed by atoms with Gasteiger partial charge in [0.05, 0.1) is 0 Å². The first-order valence-corrected chi connectivity index (χ1v) is 5.79. The van der Waals surface area contributed by atoms with E-state index in [9.17, 15) is 0 Å². The molecule has 88 valence electrons. The van der Waals surface area contributed by atoms with Crippen molar-refractivity contribution in [2.75, 3.05) is 5.73 Å². The van der Waals surface area contributed by atoms with Gasteiger partial charge in [0.1, 0.15) is 17.3 Å². The van der Waals surface area contributed by atoms with Gasteiger partial charge in [0.25, 0.3) is 0 Å². The lowest BCUT2D eigenvalue weighted by Gasteiger charge is -2.05. The van der Waals surface area contributed by atoms with E-state index in [0.29, 0.717) is 11.0 Å². The number of hydrogen-bond acceptors (Lipinski definition) is 4. The molecule has 0 saturated heterocycles. The predicted molar refractivity (Wildman–Crippen MR) is 67.7 cm³/mol. The highest BCUT2D eigenvalue weighted by Gasteiger charge is 2.06. The molecular weight excluding hydrogens is 236 g/mol. The van der Waals surface area contributed by atoms with Gasteiger partial charge in [0, 0.05) is 18.0 Å². The lowest BCUT2D eigenvalue weighted by Crippen LogP contribution is -2.01. The Bertz CT molecular complexity index is 467. The molecule has 0 spiro atoms. The summed E-state index contributed by atoms with van der Waals surface area (Å²) in [6.07, 6.45) is 7.68. The number of aryl methyl sites for hydroxylation is 1. The molecule has 5 heteroatoms. The largest absolute Gasteiger partial charge is 0.383 e. The van der Waals surface area contributed by atoms with Gasteiger partial charge >= 0.3 is 0 Å². The topological polar surface area (TPSA) is 64.7 Å². The Labute approximate surface area is 105 Å². The van der Waals surface area contributed by atoms with Crippen molar-refractivity contribution in [2.45, 2.75) is 19.3 Å². The van der Waals surface area contributed by atoms with Crippen LogP contribution in [0.2, 0.25) is 5.15 Å². The molecule has 4 nitrogen and oxygen atoms in total. The van der Waals surface area contributed by atoms with Gasteiger partial charge in [-0.05, 0) is 30.9 Å². The number of halogens is 1. The van der Waals surface area contributed by atoms with Crippen molar-refractivity contribution in [1.82, 2.24) is 15.0 Å². The van der Waals surface area contributed by atoms with Crippen LogP contribution in [0.4, 0.5) is 5.82 Å². The van der Waals surface area contributed by atoms with Crippen LogP contribution in [0.25, 0.3) is 0 Å². The van der Waals surface area contributed by atoms with Gasteiger partial charge in [-0.2, -0.15) is 0 Å². The molecule has 2 aromatic heterocycles. The molecule has 2 N–H and O–H groups in total. The summed E-state index contributed by atoms with van der Waals surface area (Å²) >= 11 is 5.97. The Kier molecular flexibility index (Phi) is 3.88. The van der Waals surface area contributed by atoms with Crippen LogP contribution in [0.15, 0.2) is 30.9 Å². The van der Waals surface area contributed by atoms with E-state index in [1.54, 1.807) is 6.20 Å². The highest BCUT2D eigenvalue weighted by Crippen LogP contribution is 2.19. The van der Waals surface area contributed by atoms with Crippen LogP contribution in [0.3, 0.4) is 0 Å². The maximum atomic E-state index is 5.97. The minimum Gasteiger partial charge on any atom is -0.383 e. The second kappa shape index (κ2) is 5.59. The van der Waals surface area contributed by atoms with Crippen molar-refractivity contribution in [3.63, 3.8) is 0 Å². The molecule has 0 saturated carbocycles. The van der Waals surface area contributed by atoms with E-state index in [1.807, 2.05) is 12.3 Å². The molecular formula is C12H13ClN4. The smallest absolute Gasteiger partial charge is 0.137 e. The van der Waals surface area contributed by atoms with Crippen molar-refractivity contribution in [2.24, 2.45) is 0 Å². The van der Waals surface area contributed by atoms with E-state index in [1.165, 1.54) is 11.9 Å². The second-order valence-corrected chi connectivity index (χ2v) is 4.10. The Hall–Kier alpha value is -1.68. The van der Waals surface area contributed by atoms with E-state index in [0.717, 1.165) is 24.8 Å². The van der Waals surface area contributed by atoms with Crippen LogP contribution >= 0.6 is 11.6 Å². The van der Waals surface area contributed by atoms with Gasteiger partial charge in [-0.1, -0.05) is 17.7 Å². The third kappa shape index (κ3) is 3.14. The van der Waals surface area contributed by atoms with Crippen LogP contribution in [-0.2, 0) is 12.8 Å². The Balaban J connectivity index is 1.95. The second-order valence-electron chi connectivity index (χ2n) is 3.74. The fraction of sp³-hybridized carbons (Fsp3) is 0.250. The van der Waals surface area contributed by atoms with E-state index in [-0.39, 0.29) is 0 Å². The average Bonchev–Trinajstić information content (AvgIpc) is 2.34. The maximum Gasteiger partial charge on any atom is 0.137 e. The summed E-state index contributed by atoms with van der Waals surface area (Å²) in [4.78, 5) is 11.9. The third-order valence-electron chi connectivity index (χ3n) is 2.54. The molecule has 0 atom stereocenters. The fourth-order valence-corrected chi connectivity index (χ4v) is 1.88. The normalized spacial score (nSPS) is 10.4. The van der Waals surface area contributed by atoms with Crippen LogP contribution in [-0.4, -0.2) is 15.0 Å². The summed E-state index contributed by atoms with van der Waals surface area (Å²) in [5, 5.41) is 0.448. The van der Waals surface area contributed by atoms with Gasteiger partial charge in [-0.15, -0.1) is 0 Å². The zero-order valence-corrected chi connectivity index (χ0v) is 10.1. The number of nitrogen functional groups attached to an aromatic ring is 1. The first-order chi connectivity index (χ1) is 8.27. The molecule has 0 unspecified atom stereocenters. The molecule has 0 bridgehead atoms. The SMILES string of the molecule is Nc1ncnc(Cl)c1CCCc1cccnc1. The molecule has 0 fully saturated rings. The first kappa shape index (κ1) is 11.8. The summed E-state index contributed by atoms with van der Waals surface area (Å²) < 4.78 is 0. The summed E-state index contributed by atoms with van der Waals surface area (Å²) in [5.41, 5.74) is 7.79. The number of hydrogen-bond donors (Lipinski definition) is 1. The molecule has 0 aliphatic carbocycles. The minimum absolute atomic E-state index is 0.448. The van der Waals surface area contributed by atoms with Gasteiger partial charge < -0.3 is 5.73 Å². The minimum atomic E-state index is 0.448. The van der Waals surface area contributed by atoms with Gasteiger partial charge in [-0.3, -0.25) is 4.98 Å². The van der Waals surface area contributed by atoms with Crippen LogP contribution in [0, 0.1) is 0 Å². The number of rotatable bonds is 4. The van der Waals surface area contributed by atoms with E-state index in [4.69, 9.17) is 17.3 Å². The molecule has 0 amide bonds. The molecule has 17 heavy (non-hydrogen) atoms. The fourth-order valence-electron chi connectivity index (χ4n) is 1.65. The van der Waals surface area contributed by atoms with Gasteiger partial charge in [-0.25, -0.2) is 9.97 Å². The molecule has 0 aliphatic heterocycles. The van der Waals surface area contributed by atoms with Crippen molar-refractivity contribution < 1.29 is 0 Å². The first-order valence-electron chi connectivity index (χ1n) is 5.41. The summed E-state index contributed by atoms with van der Waals surface area (Å²) in [6.45, 7) is 0. The molecule has 2 aromatic rings. The van der Waals surface area contributed by atoms with Crippen LogP contribution < -0.4 is 5.73 Å². The Morgan fingerprint density at radius 3 is 2.82 bits per heavy atom. The number of nitrogens with two attached hydrogens (primary N) is 1.